The van der Waals surface area contributed by atoms with E-state index in [1.807, 2.05) is 30.3 Å². The molecule has 0 radical (unpaired) electrons. The predicted octanol–water partition coefficient (Wildman–Crippen LogP) is 4.11. The number of amides is 2. The number of benzene rings is 2. The summed E-state index contributed by atoms with van der Waals surface area (Å²) in [5.74, 6) is 1.40. The number of fused-ring (bicyclic) bond motifs is 1. The number of aromatic nitrogens is 3. The molecule has 1 saturated heterocycles. The van der Waals surface area contributed by atoms with Crippen molar-refractivity contribution in [3.63, 3.8) is 0 Å². The van der Waals surface area contributed by atoms with Crippen LogP contribution in [0.2, 0.25) is 0 Å². The number of hydrogen-bond acceptors (Lipinski definition) is 9. The number of carbonyl (C=O) groups excluding carboxylic acids is 2. The molecule has 204 valence electrons. The first kappa shape index (κ1) is 25.2. The van der Waals surface area contributed by atoms with E-state index in [-0.39, 0.29) is 18.2 Å². The Morgan fingerprint density at radius 3 is 2.48 bits per heavy atom. The SMILES string of the molecule is COc1cc(CNc2cc(Nc3ccn4ncc(/C=C5/CC(=O)NC5=O)c4n3)cc(NC3CC3)c2)cc(OC)c1. The number of nitrogens with zero attached hydrogens (tertiary/aromatic N) is 3. The Morgan fingerprint density at radius 1 is 1.02 bits per heavy atom. The number of methoxy groups -OCH3 is 2. The van der Waals surface area contributed by atoms with E-state index in [1.165, 1.54) is 0 Å². The molecule has 4 N–H and O–H groups in total. The second kappa shape index (κ2) is 10.6. The average molecular weight is 540 g/mol. The van der Waals surface area contributed by atoms with Crippen LogP contribution in [0.5, 0.6) is 11.5 Å². The normalized spacial score (nSPS) is 15.8. The lowest BCUT2D eigenvalue weighted by molar-refractivity contribution is -0.124. The highest BCUT2D eigenvalue weighted by Crippen LogP contribution is 2.31. The molecule has 11 heteroatoms. The molecule has 2 aromatic heterocycles. The Kier molecular flexibility index (Phi) is 6.69. The molecule has 2 fully saturated rings. The minimum Gasteiger partial charge on any atom is -0.497 e. The second-order valence-electron chi connectivity index (χ2n) is 9.82. The minimum atomic E-state index is -0.383. The Labute approximate surface area is 230 Å². The maximum atomic E-state index is 12.0. The standard InChI is InChI=1S/C29H29N7O4/c1-39-24-7-17(8-25(14-24)40-2)15-30-21-11-22(32-20-3-4-20)13-23(12-21)33-26-5-6-36-28(34-26)19(16-31-36)9-18-10-27(37)35-29(18)38/h5-9,11-14,16,20,30,32H,3-4,10,15H2,1-2H3,(H,33,34)(H,35,37,38)/b18-9-. The van der Waals surface area contributed by atoms with Crippen molar-refractivity contribution in [1.82, 2.24) is 19.9 Å². The highest BCUT2D eigenvalue weighted by molar-refractivity contribution is 6.15. The van der Waals surface area contributed by atoms with E-state index in [1.54, 1.807) is 37.2 Å². The smallest absolute Gasteiger partial charge is 0.254 e. The van der Waals surface area contributed by atoms with Gasteiger partial charge in [-0.3, -0.25) is 14.9 Å². The van der Waals surface area contributed by atoms with Crippen molar-refractivity contribution in [2.75, 3.05) is 30.2 Å². The van der Waals surface area contributed by atoms with Crippen molar-refractivity contribution in [3.8, 4) is 11.5 Å². The van der Waals surface area contributed by atoms with Gasteiger partial charge in [-0.1, -0.05) is 0 Å². The largest absolute Gasteiger partial charge is 0.497 e. The van der Waals surface area contributed by atoms with Crippen molar-refractivity contribution >= 4 is 46.4 Å². The molecule has 0 spiro atoms. The van der Waals surface area contributed by atoms with E-state index >= 15 is 0 Å². The zero-order chi connectivity index (χ0) is 27.6. The van der Waals surface area contributed by atoms with E-state index in [2.05, 4.69) is 38.5 Å². The van der Waals surface area contributed by atoms with Crippen LogP contribution < -0.4 is 30.7 Å². The summed E-state index contributed by atoms with van der Waals surface area (Å²) in [6.45, 7) is 0.577. The number of rotatable bonds is 10. The highest BCUT2D eigenvalue weighted by atomic mass is 16.5. The van der Waals surface area contributed by atoms with Gasteiger partial charge in [-0.15, -0.1) is 0 Å². The molecule has 0 unspecified atom stereocenters. The third kappa shape index (κ3) is 5.68. The lowest BCUT2D eigenvalue weighted by atomic mass is 10.1. The zero-order valence-electron chi connectivity index (χ0n) is 22.2. The molecule has 1 saturated carbocycles. The maximum absolute atomic E-state index is 12.0. The maximum Gasteiger partial charge on any atom is 0.254 e. The molecular formula is C29H29N7O4. The van der Waals surface area contributed by atoms with Gasteiger partial charge in [0, 0.05) is 53.0 Å². The topological polar surface area (TPSA) is 131 Å². The Hall–Kier alpha value is -5.06. The molecule has 2 aliphatic rings. The van der Waals surface area contributed by atoms with Crippen LogP contribution in [0.25, 0.3) is 11.7 Å². The van der Waals surface area contributed by atoms with Crippen LogP contribution in [-0.2, 0) is 16.1 Å². The number of nitrogens with one attached hydrogen (secondary N) is 4. The molecule has 0 atom stereocenters. The van der Waals surface area contributed by atoms with Crippen LogP contribution in [0.3, 0.4) is 0 Å². The van der Waals surface area contributed by atoms with Gasteiger partial charge in [0.1, 0.15) is 17.3 Å². The summed E-state index contributed by atoms with van der Waals surface area (Å²) in [6.07, 6.45) is 7.46. The van der Waals surface area contributed by atoms with Gasteiger partial charge in [0.05, 0.1) is 26.8 Å². The fourth-order valence-electron chi connectivity index (χ4n) is 4.54. The number of anilines is 4. The first-order valence-electron chi connectivity index (χ1n) is 13.0. The molecule has 1 aliphatic heterocycles. The van der Waals surface area contributed by atoms with Crippen LogP contribution >= 0.6 is 0 Å². The first-order chi connectivity index (χ1) is 19.4. The lowest BCUT2D eigenvalue weighted by Gasteiger charge is -2.15. The van der Waals surface area contributed by atoms with Crippen molar-refractivity contribution in [2.45, 2.75) is 31.8 Å². The average Bonchev–Trinajstić information content (AvgIpc) is 3.59. The second-order valence-corrected chi connectivity index (χ2v) is 9.82. The van der Waals surface area contributed by atoms with Gasteiger partial charge in [0.15, 0.2) is 5.65 Å². The molecule has 2 amide bonds. The fraction of sp³-hybridized carbons (Fsp3) is 0.241. The summed E-state index contributed by atoms with van der Waals surface area (Å²) in [5, 5.41) is 17.1. The number of ether oxygens (including phenoxy) is 2. The summed E-state index contributed by atoms with van der Waals surface area (Å²) in [5.41, 5.74) is 5.44. The van der Waals surface area contributed by atoms with Crippen LogP contribution in [0.4, 0.5) is 22.9 Å². The van der Waals surface area contributed by atoms with Gasteiger partial charge in [-0.25, -0.2) is 9.50 Å². The van der Waals surface area contributed by atoms with Gasteiger partial charge in [0.25, 0.3) is 5.91 Å². The molecule has 1 aliphatic carbocycles. The van der Waals surface area contributed by atoms with Gasteiger partial charge in [-0.05, 0) is 60.9 Å². The Balaban J connectivity index is 1.25. The number of imide groups is 1. The number of hydrogen-bond donors (Lipinski definition) is 4. The third-order valence-corrected chi connectivity index (χ3v) is 6.68. The van der Waals surface area contributed by atoms with E-state index < -0.39 is 0 Å². The first-order valence-corrected chi connectivity index (χ1v) is 13.0. The molecular weight excluding hydrogens is 510 g/mol. The van der Waals surface area contributed by atoms with Gasteiger partial charge >= 0.3 is 0 Å². The Morgan fingerprint density at radius 2 is 1.77 bits per heavy atom. The third-order valence-electron chi connectivity index (χ3n) is 6.68. The summed E-state index contributed by atoms with van der Waals surface area (Å²) < 4.78 is 12.4. The van der Waals surface area contributed by atoms with E-state index in [4.69, 9.17) is 14.5 Å². The van der Waals surface area contributed by atoms with Crippen LogP contribution in [0.1, 0.15) is 30.4 Å². The van der Waals surface area contributed by atoms with Crippen LogP contribution in [0, 0.1) is 0 Å². The molecule has 0 bridgehead atoms. The van der Waals surface area contributed by atoms with E-state index in [0.29, 0.717) is 35.2 Å². The quantitative estimate of drug-likeness (QED) is 0.174. The Bertz CT molecular complexity index is 1620. The van der Waals surface area contributed by atoms with Gasteiger partial charge < -0.3 is 25.4 Å². The van der Waals surface area contributed by atoms with Gasteiger partial charge in [-0.2, -0.15) is 5.10 Å². The summed E-state index contributed by atoms with van der Waals surface area (Å²) in [6, 6.07) is 14.3. The van der Waals surface area contributed by atoms with Crippen molar-refractivity contribution in [3.05, 3.63) is 71.6 Å². The van der Waals surface area contributed by atoms with Crippen molar-refractivity contribution in [2.24, 2.45) is 0 Å². The van der Waals surface area contributed by atoms with E-state index in [9.17, 15) is 9.59 Å². The minimum absolute atomic E-state index is 0.0488. The molecule has 4 aromatic rings. The lowest BCUT2D eigenvalue weighted by Crippen LogP contribution is -2.19. The molecule has 40 heavy (non-hydrogen) atoms. The van der Waals surface area contributed by atoms with Crippen LogP contribution in [0.15, 0.2) is 60.4 Å². The van der Waals surface area contributed by atoms with Crippen LogP contribution in [-0.4, -0.2) is 46.7 Å². The fourth-order valence-corrected chi connectivity index (χ4v) is 4.54. The molecule has 6 rings (SSSR count). The van der Waals surface area contributed by atoms with Gasteiger partial charge in [0.2, 0.25) is 5.91 Å². The summed E-state index contributed by atoms with van der Waals surface area (Å²) in [4.78, 5) is 28.3. The molecule has 3 heterocycles. The number of carbonyl (C=O) groups is 2. The highest BCUT2D eigenvalue weighted by Gasteiger charge is 2.24. The van der Waals surface area contributed by atoms with Crippen molar-refractivity contribution in [1.29, 1.82) is 0 Å². The van der Waals surface area contributed by atoms with E-state index in [0.717, 1.165) is 47.0 Å². The zero-order valence-corrected chi connectivity index (χ0v) is 22.2. The summed E-state index contributed by atoms with van der Waals surface area (Å²) >= 11 is 0. The van der Waals surface area contributed by atoms with Crippen molar-refractivity contribution < 1.29 is 19.1 Å². The predicted molar refractivity (Wildman–Crippen MR) is 152 cm³/mol. The molecule has 2 aromatic carbocycles. The molecule has 11 nitrogen and oxygen atoms in total. The summed E-state index contributed by atoms with van der Waals surface area (Å²) in [7, 11) is 3.27. The monoisotopic (exact) mass is 539 g/mol.